The highest BCUT2D eigenvalue weighted by Gasteiger charge is 2.15. The topological polar surface area (TPSA) is 60.2 Å². The van der Waals surface area contributed by atoms with Crippen LogP contribution in [0.25, 0.3) is 0 Å². The molecule has 1 atom stereocenters. The van der Waals surface area contributed by atoms with E-state index in [1.807, 2.05) is 28.9 Å². The molecule has 1 heterocycles. The van der Waals surface area contributed by atoms with Gasteiger partial charge in [0, 0.05) is 19.6 Å². The third-order valence-electron chi connectivity index (χ3n) is 3.56. The van der Waals surface area contributed by atoms with Crippen molar-refractivity contribution in [2.24, 2.45) is 5.92 Å². The first kappa shape index (κ1) is 15.5. The molecule has 1 N–H and O–H groups in total. The molecule has 0 saturated heterocycles. The first-order chi connectivity index (χ1) is 10.3. The summed E-state index contributed by atoms with van der Waals surface area (Å²) in [6.07, 6.45) is 4.09. The summed E-state index contributed by atoms with van der Waals surface area (Å²) in [7, 11) is 1.67. The van der Waals surface area contributed by atoms with Gasteiger partial charge in [-0.25, -0.2) is 4.98 Å². The zero-order valence-corrected chi connectivity index (χ0v) is 12.7. The molecule has 0 aliphatic carbocycles. The first-order valence-corrected chi connectivity index (χ1v) is 7.37. The Hall–Kier alpha value is -1.88. The number of hydrogen-bond donors (Lipinski definition) is 1. The van der Waals surface area contributed by atoms with Crippen molar-refractivity contribution < 1.29 is 9.84 Å². The summed E-state index contributed by atoms with van der Waals surface area (Å²) in [6, 6.07) is 7.93. The number of ether oxygens (including phenoxy) is 1. The second kappa shape index (κ2) is 7.78. The van der Waals surface area contributed by atoms with Crippen LogP contribution in [-0.4, -0.2) is 33.6 Å². The minimum absolute atomic E-state index is 0.112. The second-order valence-corrected chi connectivity index (χ2v) is 5.17. The van der Waals surface area contributed by atoms with Crippen molar-refractivity contribution in [3.05, 3.63) is 42.0 Å². The summed E-state index contributed by atoms with van der Waals surface area (Å²) in [5.41, 5.74) is 1.11. The number of aromatic nitrogens is 3. The molecule has 1 unspecified atom stereocenters. The Bertz CT molecular complexity index is 554. The molecule has 0 fully saturated rings. The monoisotopic (exact) mass is 289 g/mol. The van der Waals surface area contributed by atoms with Gasteiger partial charge in [-0.3, -0.25) is 4.68 Å². The van der Waals surface area contributed by atoms with E-state index in [9.17, 15) is 5.11 Å². The molecule has 0 radical (unpaired) electrons. The molecule has 2 rings (SSSR count). The van der Waals surface area contributed by atoms with Crippen LogP contribution in [-0.2, 0) is 19.4 Å². The summed E-state index contributed by atoms with van der Waals surface area (Å²) in [5, 5.41) is 13.9. The fourth-order valence-corrected chi connectivity index (χ4v) is 2.49. The van der Waals surface area contributed by atoms with E-state index in [4.69, 9.17) is 4.74 Å². The predicted molar refractivity (Wildman–Crippen MR) is 81.3 cm³/mol. The van der Waals surface area contributed by atoms with Crippen LogP contribution in [0.1, 0.15) is 24.7 Å². The molecule has 0 aliphatic rings. The Kier molecular flexibility index (Phi) is 5.75. The van der Waals surface area contributed by atoms with Gasteiger partial charge in [0.25, 0.3) is 0 Å². The number of benzene rings is 1. The highest BCUT2D eigenvalue weighted by Crippen LogP contribution is 2.22. The van der Waals surface area contributed by atoms with E-state index in [1.54, 1.807) is 13.4 Å². The lowest BCUT2D eigenvalue weighted by Gasteiger charge is -2.16. The van der Waals surface area contributed by atoms with Gasteiger partial charge in [-0.2, -0.15) is 5.10 Å². The average Bonchev–Trinajstić information content (AvgIpc) is 2.94. The molecule has 1 aromatic carbocycles. The number of methoxy groups -OCH3 is 1. The van der Waals surface area contributed by atoms with Crippen LogP contribution in [0.2, 0.25) is 0 Å². The maximum atomic E-state index is 9.67. The molecular weight excluding hydrogens is 266 g/mol. The molecule has 0 aliphatic heterocycles. The van der Waals surface area contributed by atoms with Gasteiger partial charge in [0.1, 0.15) is 17.9 Å². The number of aliphatic hydroxyl groups is 1. The second-order valence-electron chi connectivity index (χ2n) is 5.17. The highest BCUT2D eigenvalue weighted by atomic mass is 16.5. The van der Waals surface area contributed by atoms with Crippen LogP contribution in [0.3, 0.4) is 0 Å². The quantitative estimate of drug-likeness (QED) is 0.808. The minimum atomic E-state index is 0.112. The Balaban J connectivity index is 2.08. The van der Waals surface area contributed by atoms with Gasteiger partial charge in [-0.15, -0.1) is 0 Å². The molecule has 0 amide bonds. The number of aliphatic hydroxyl groups excluding tert-OH is 1. The summed E-state index contributed by atoms with van der Waals surface area (Å²) in [6.45, 7) is 3.10. The molecule has 0 spiro atoms. The minimum Gasteiger partial charge on any atom is -0.496 e. The Morgan fingerprint density at radius 2 is 2.10 bits per heavy atom. The van der Waals surface area contributed by atoms with Gasteiger partial charge in [0.05, 0.1) is 7.11 Å². The lowest BCUT2D eigenvalue weighted by Crippen LogP contribution is -2.17. The summed E-state index contributed by atoms with van der Waals surface area (Å²) in [5.74, 6) is 1.91. The summed E-state index contributed by atoms with van der Waals surface area (Å²) >= 11 is 0. The van der Waals surface area contributed by atoms with E-state index in [-0.39, 0.29) is 12.5 Å². The van der Waals surface area contributed by atoms with E-state index < -0.39 is 0 Å². The highest BCUT2D eigenvalue weighted by molar-refractivity contribution is 5.33. The van der Waals surface area contributed by atoms with Crippen LogP contribution in [0.5, 0.6) is 5.75 Å². The van der Waals surface area contributed by atoms with Crippen molar-refractivity contribution in [2.75, 3.05) is 13.7 Å². The predicted octanol–water partition coefficient (Wildman–Crippen LogP) is 2.09. The molecule has 21 heavy (non-hydrogen) atoms. The van der Waals surface area contributed by atoms with E-state index in [0.29, 0.717) is 6.42 Å². The Labute approximate surface area is 125 Å². The number of nitrogens with zero attached hydrogens (tertiary/aromatic N) is 3. The fraction of sp³-hybridized carbons (Fsp3) is 0.500. The summed E-state index contributed by atoms with van der Waals surface area (Å²) < 4.78 is 7.29. The van der Waals surface area contributed by atoms with Crippen molar-refractivity contribution in [3.8, 4) is 5.75 Å². The van der Waals surface area contributed by atoms with Gasteiger partial charge in [-0.1, -0.05) is 25.1 Å². The molecule has 114 valence electrons. The van der Waals surface area contributed by atoms with Crippen LogP contribution < -0.4 is 4.74 Å². The molecule has 5 heteroatoms. The number of aryl methyl sites for hydroxylation is 1. The molecule has 5 nitrogen and oxygen atoms in total. The zero-order chi connectivity index (χ0) is 15.1. The lowest BCUT2D eigenvalue weighted by atomic mass is 9.96. The van der Waals surface area contributed by atoms with E-state index in [0.717, 1.165) is 36.5 Å². The van der Waals surface area contributed by atoms with Crippen molar-refractivity contribution >= 4 is 0 Å². The average molecular weight is 289 g/mol. The number of para-hydroxylation sites is 1. The maximum Gasteiger partial charge on any atom is 0.138 e. The largest absolute Gasteiger partial charge is 0.496 e. The van der Waals surface area contributed by atoms with Gasteiger partial charge >= 0.3 is 0 Å². The fourth-order valence-electron chi connectivity index (χ4n) is 2.49. The van der Waals surface area contributed by atoms with E-state index in [1.165, 1.54) is 0 Å². The molecule has 1 aromatic heterocycles. The van der Waals surface area contributed by atoms with Crippen LogP contribution in [0, 0.1) is 5.92 Å². The van der Waals surface area contributed by atoms with Gasteiger partial charge in [0.15, 0.2) is 0 Å². The molecular formula is C16H23N3O2. The Morgan fingerprint density at radius 3 is 2.81 bits per heavy atom. The van der Waals surface area contributed by atoms with Gasteiger partial charge in [0.2, 0.25) is 0 Å². The zero-order valence-electron chi connectivity index (χ0n) is 12.7. The van der Waals surface area contributed by atoms with Crippen molar-refractivity contribution in [1.29, 1.82) is 0 Å². The standard InChI is InChI=1S/C16H23N3O2/c1-3-8-19-16(17-12-18-19)10-13(11-20)9-14-6-4-5-7-15(14)21-2/h4-7,12-13,20H,3,8-11H2,1-2H3. The van der Waals surface area contributed by atoms with Crippen molar-refractivity contribution in [2.45, 2.75) is 32.7 Å². The van der Waals surface area contributed by atoms with Crippen LogP contribution >= 0.6 is 0 Å². The maximum absolute atomic E-state index is 9.67. The molecule has 0 bridgehead atoms. The van der Waals surface area contributed by atoms with Crippen LogP contribution in [0.4, 0.5) is 0 Å². The van der Waals surface area contributed by atoms with Crippen molar-refractivity contribution in [3.63, 3.8) is 0 Å². The normalized spacial score (nSPS) is 12.3. The smallest absolute Gasteiger partial charge is 0.138 e. The summed E-state index contributed by atoms with van der Waals surface area (Å²) in [4.78, 5) is 4.32. The third-order valence-corrected chi connectivity index (χ3v) is 3.56. The Morgan fingerprint density at radius 1 is 1.29 bits per heavy atom. The third kappa shape index (κ3) is 4.04. The SMILES string of the molecule is CCCn1ncnc1CC(CO)Cc1ccccc1OC. The molecule has 2 aromatic rings. The first-order valence-electron chi connectivity index (χ1n) is 7.37. The van der Waals surface area contributed by atoms with Crippen molar-refractivity contribution in [1.82, 2.24) is 14.8 Å². The van der Waals surface area contributed by atoms with Gasteiger partial charge in [-0.05, 0) is 30.4 Å². The van der Waals surface area contributed by atoms with Gasteiger partial charge < -0.3 is 9.84 Å². The van der Waals surface area contributed by atoms with E-state index in [2.05, 4.69) is 17.0 Å². The number of hydrogen-bond acceptors (Lipinski definition) is 4. The molecule has 0 saturated carbocycles. The van der Waals surface area contributed by atoms with E-state index >= 15 is 0 Å². The van der Waals surface area contributed by atoms with Crippen LogP contribution in [0.15, 0.2) is 30.6 Å². The lowest BCUT2D eigenvalue weighted by molar-refractivity contribution is 0.220. The number of rotatable bonds is 8.